The van der Waals surface area contributed by atoms with E-state index >= 15 is 0 Å². The molecule has 0 amide bonds. The first kappa shape index (κ1) is 60.2. The van der Waals surface area contributed by atoms with E-state index in [-0.39, 0.29) is 67.6 Å². The molecule has 14 aromatic carbocycles. The summed E-state index contributed by atoms with van der Waals surface area (Å²) >= 11 is 1.78. The lowest BCUT2D eigenvalue weighted by Gasteiger charge is -2.46. The summed E-state index contributed by atoms with van der Waals surface area (Å²) < 4.78 is 84.7. The van der Waals surface area contributed by atoms with Crippen LogP contribution < -0.4 is 26.2 Å². The van der Waals surface area contributed by atoms with Crippen LogP contribution in [0.15, 0.2) is 285 Å². The van der Waals surface area contributed by atoms with Gasteiger partial charge in [0.2, 0.25) is 0 Å². The van der Waals surface area contributed by atoms with E-state index in [4.69, 9.17) is 2.74 Å². The Labute approximate surface area is 667 Å². The molecule has 111 heavy (non-hydrogen) atoms. The highest BCUT2D eigenvalue weighted by Gasteiger charge is 2.46. The van der Waals surface area contributed by atoms with Gasteiger partial charge in [0.05, 0.1) is 70.5 Å². The fraction of sp³-hybridized carbons (Fsp3) is 0.192. The predicted octanol–water partition coefficient (Wildman–Crippen LogP) is 27.2. The fourth-order valence-electron chi connectivity index (χ4n) is 17.9. The van der Waals surface area contributed by atoms with Crippen molar-refractivity contribution in [3.05, 3.63) is 313 Å². The maximum atomic E-state index is 9.89. The SMILES string of the molecule is [2H]c1c([2H])c([2H])c2c(c1[2H])c1c([2H])c([2H])c([2H])c([2H])c1n2-c1ccc2c(c1)N(c1cccc3c1sc1c(-n4c5ccc(C(C)(C)C)cc5c5cc(C(C)(C)C)ccc54)cccc13)c1cc(C(C)(C)C)cc3c1B2c1ccc(-n2c4ccc(C(C)(C)C)cc4c4cc(C(C)(C)C)ccc42)cc1N3c1c(-c2ccccc2)cccc1-c1ccccc1. The second-order valence-electron chi connectivity index (χ2n) is 36.0. The minimum Gasteiger partial charge on any atom is -0.310 e. The largest absolute Gasteiger partial charge is 0.310 e. The molecule has 0 atom stereocenters. The molecule has 0 bridgehead atoms. The summed E-state index contributed by atoms with van der Waals surface area (Å²) in [7, 11) is 0. The van der Waals surface area contributed by atoms with E-state index in [1.54, 1.807) is 15.9 Å². The Bertz CT molecular complexity index is 7160. The van der Waals surface area contributed by atoms with Crippen LogP contribution in [0, 0.1) is 0 Å². The number of rotatable bonds is 7. The predicted molar refractivity (Wildman–Crippen MR) is 481 cm³/mol. The van der Waals surface area contributed by atoms with Gasteiger partial charge in [-0.2, -0.15) is 0 Å². The third-order valence-corrected chi connectivity index (χ3v) is 25.1. The molecule has 0 saturated carbocycles. The summed E-state index contributed by atoms with van der Waals surface area (Å²) in [6.45, 7) is 33.9. The standard InChI is InChI=1S/C104H92BN5S/c1-100(2,3)65-43-51-86-78(55-65)79-56-66(101(4,5)6)44-52-87(79)107(86)71-48-50-83-93(62-71)110(97-72(63-29-18-16-19-30-63)35-26-36-73(97)64-31-20-17-21-32-64)95-60-69(104(13,14)15)59-94-96(95)105(83)82-49-47-70(106-84-39-24-22-33-74(84)75-34-23-25-40-85(75)106)61-92(82)109(94)91-42-28-38-77-76-37-27-41-90(98(76)111-99(77)91)108-88-53-45-67(102(7,8)9)57-80(88)81-58-68(103(10,11)12)46-54-89(81)108/h16-62H,1-15H3/i22D,23D,24D,25D,33D,34D,39D,40D. The summed E-state index contributed by atoms with van der Waals surface area (Å²) in [5.74, 6) is 0. The monoisotopic (exact) mass is 1460 g/mol. The summed E-state index contributed by atoms with van der Waals surface area (Å²) in [5, 5.41) is 7.00. The van der Waals surface area contributed by atoms with Crippen LogP contribution in [0.3, 0.4) is 0 Å². The second kappa shape index (κ2) is 24.4. The van der Waals surface area contributed by atoms with Gasteiger partial charge in [-0.3, -0.25) is 0 Å². The van der Waals surface area contributed by atoms with Crippen LogP contribution in [-0.4, -0.2) is 20.4 Å². The molecule has 0 spiro atoms. The molecule has 0 radical (unpaired) electrons. The molecule has 0 N–H and O–H groups in total. The van der Waals surface area contributed by atoms with Crippen LogP contribution in [0.4, 0.5) is 34.1 Å². The highest BCUT2D eigenvalue weighted by molar-refractivity contribution is 7.27. The topological polar surface area (TPSA) is 21.3 Å². The molecule has 0 unspecified atom stereocenters. The first-order valence-electron chi connectivity index (χ1n) is 43.0. The zero-order valence-electron chi connectivity index (χ0n) is 73.7. The van der Waals surface area contributed by atoms with Crippen LogP contribution in [0.1, 0.15) is 143 Å². The minimum atomic E-state index is -0.493. The lowest BCUT2D eigenvalue weighted by atomic mass is 9.33. The van der Waals surface area contributed by atoms with E-state index in [1.807, 2.05) is 6.07 Å². The van der Waals surface area contributed by atoms with Crippen LogP contribution >= 0.6 is 11.3 Å². The normalized spacial score (nSPS) is 14.5. The molecular weight excluding hydrogens is 1360 g/mol. The first-order chi connectivity index (χ1) is 56.6. The van der Waals surface area contributed by atoms with Crippen molar-refractivity contribution in [1.29, 1.82) is 0 Å². The molecule has 6 heterocycles. The number of benzene rings is 14. The van der Waals surface area contributed by atoms with Crippen LogP contribution in [0.25, 0.3) is 125 Å². The van der Waals surface area contributed by atoms with Crippen LogP contribution in [-0.2, 0) is 27.1 Å². The molecule has 2 aliphatic rings. The maximum absolute atomic E-state index is 9.89. The molecular formula is C104H92BN5S. The molecule has 2 aliphatic heterocycles. The van der Waals surface area contributed by atoms with E-state index in [1.165, 1.54) is 43.8 Å². The smallest absolute Gasteiger partial charge is 0.252 e. The Hall–Kier alpha value is -11.6. The van der Waals surface area contributed by atoms with Crippen LogP contribution in [0.2, 0.25) is 0 Å². The van der Waals surface area contributed by atoms with Crippen molar-refractivity contribution in [2.45, 2.75) is 131 Å². The maximum Gasteiger partial charge on any atom is 0.252 e. The molecule has 20 rings (SSSR count). The van der Waals surface area contributed by atoms with Gasteiger partial charge in [-0.15, -0.1) is 11.3 Å². The second-order valence-corrected chi connectivity index (χ2v) is 37.0. The van der Waals surface area contributed by atoms with Gasteiger partial charge in [-0.1, -0.05) is 280 Å². The minimum absolute atomic E-state index is 0.0195. The average Bonchev–Trinajstić information content (AvgIpc) is 1.27. The molecule has 18 aromatic rings. The molecule has 0 aliphatic carbocycles. The van der Waals surface area contributed by atoms with Gasteiger partial charge < -0.3 is 23.5 Å². The summed E-state index contributed by atoms with van der Waals surface area (Å²) in [4.78, 5) is 5.05. The average molecular weight is 1460 g/mol. The number of aromatic nitrogens is 3. The summed E-state index contributed by atoms with van der Waals surface area (Å²) in [5.41, 5.74) is 25.3. The van der Waals surface area contributed by atoms with E-state index in [2.05, 4.69) is 353 Å². The number of para-hydroxylation sites is 3. The van der Waals surface area contributed by atoms with Gasteiger partial charge in [-0.25, -0.2) is 0 Å². The van der Waals surface area contributed by atoms with Gasteiger partial charge >= 0.3 is 0 Å². The van der Waals surface area contributed by atoms with Gasteiger partial charge in [0.25, 0.3) is 6.71 Å². The zero-order chi connectivity index (χ0) is 83.2. The van der Waals surface area contributed by atoms with Gasteiger partial charge in [0.15, 0.2) is 0 Å². The summed E-state index contributed by atoms with van der Waals surface area (Å²) in [6.07, 6.45) is 0. The third kappa shape index (κ3) is 10.7. The van der Waals surface area contributed by atoms with Gasteiger partial charge in [0, 0.05) is 88.3 Å². The van der Waals surface area contributed by atoms with Crippen molar-refractivity contribution < 1.29 is 11.0 Å². The molecule has 5 nitrogen and oxygen atoms in total. The molecule has 0 saturated heterocycles. The zero-order valence-corrected chi connectivity index (χ0v) is 66.6. The Kier molecular flexibility index (Phi) is 13.3. The number of hydrogen-bond acceptors (Lipinski definition) is 3. The van der Waals surface area contributed by atoms with Crippen molar-refractivity contribution in [2.24, 2.45) is 0 Å². The van der Waals surface area contributed by atoms with E-state index in [9.17, 15) is 8.22 Å². The number of thiophene rings is 1. The van der Waals surface area contributed by atoms with Crippen molar-refractivity contribution in [1.82, 2.24) is 13.7 Å². The Balaban J connectivity index is 0.933. The van der Waals surface area contributed by atoms with Gasteiger partial charge in [-0.05, 0) is 192 Å². The van der Waals surface area contributed by atoms with Crippen molar-refractivity contribution in [2.75, 3.05) is 9.80 Å². The molecule has 4 aromatic heterocycles. The van der Waals surface area contributed by atoms with Gasteiger partial charge in [0.1, 0.15) is 0 Å². The van der Waals surface area contributed by atoms with Crippen molar-refractivity contribution in [3.8, 4) is 39.3 Å². The van der Waals surface area contributed by atoms with Crippen LogP contribution in [0.5, 0.6) is 0 Å². The Morgan fingerprint density at radius 1 is 0.279 bits per heavy atom. The van der Waals surface area contributed by atoms with Crippen molar-refractivity contribution >= 4 is 154 Å². The number of nitrogens with zero attached hydrogens (tertiary/aromatic N) is 5. The third-order valence-electron chi connectivity index (χ3n) is 23.8. The highest BCUT2D eigenvalue weighted by Crippen LogP contribution is 2.55. The lowest BCUT2D eigenvalue weighted by molar-refractivity contribution is 0.590. The molecule has 542 valence electrons. The quantitative estimate of drug-likeness (QED) is 0.148. The van der Waals surface area contributed by atoms with E-state index in [0.29, 0.717) is 5.69 Å². The Morgan fingerprint density at radius 2 is 0.658 bits per heavy atom. The number of anilines is 6. The van der Waals surface area contributed by atoms with E-state index in [0.717, 1.165) is 132 Å². The van der Waals surface area contributed by atoms with Crippen molar-refractivity contribution in [3.63, 3.8) is 0 Å². The number of fused-ring (bicyclic) bond motifs is 16. The van der Waals surface area contributed by atoms with E-state index < -0.39 is 36.3 Å². The lowest BCUT2D eigenvalue weighted by Crippen LogP contribution is -2.61. The summed E-state index contributed by atoms with van der Waals surface area (Å²) in [6, 6.07) is 84.8. The highest BCUT2D eigenvalue weighted by atomic mass is 32.1. The first-order valence-corrected chi connectivity index (χ1v) is 39.8. The molecule has 7 heteroatoms. The Morgan fingerprint density at radius 3 is 1.10 bits per heavy atom. The number of hydrogen-bond donors (Lipinski definition) is 0. The fourth-order valence-corrected chi connectivity index (χ4v) is 19.2. The molecule has 0 fully saturated rings.